The first-order chi connectivity index (χ1) is 17.8. The SMILES string of the molecule is CCc1nc(Nc2cccc(CCNC(=O)CN(C)C(=O)/C=C/CN3CCC3)c2)c(C(N)=O)nc1CC. The number of carbonyl (C=O) groups is 3. The number of nitrogens with zero attached hydrogens (tertiary/aromatic N) is 4. The van der Waals surface area contributed by atoms with E-state index in [-0.39, 0.29) is 24.1 Å². The van der Waals surface area contributed by atoms with E-state index in [9.17, 15) is 14.4 Å². The van der Waals surface area contributed by atoms with Crippen molar-refractivity contribution < 1.29 is 14.4 Å². The van der Waals surface area contributed by atoms with Crippen LogP contribution in [0.4, 0.5) is 11.5 Å². The summed E-state index contributed by atoms with van der Waals surface area (Å²) in [5, 5.41) is 6.04. The lowest BCUT2D eigenvalue weighted by atomic mass is 10.1. The van der Waals surface area contributed by atoms with Gasteiger partial charge < -0.3 is 21.3 Å². The zero-order valence-electron chi connectivity index (χ0n) is 21.9. The van der Waals surface area contributed by atoms with Crippen molar-refractivity contribution in [3.63, 3.8) is 0 Å². The topological polar surface area (TPSA) is 134 Å². The van der Waals surface area contributed by atoms with Crippen molar-refractivity contribution >= 4 is 29.2 Å². The van der Waals surface area contributed by atoms with Crippen molar-refractivity contribution in [3.8, 4) is 0 Å². The van der Waals surface area contributed by atoms with Gasteiger partial charge in [0.1, 0.15) is 0 Å². The molecule has 0 aliphatic carbocycles. The third-order valence-corrected chi connectivity index (χ3v) is 6.21. The zero-order chi connectivity index (χ0) is 26.8. The molecule has 1 aliphatic rings. The number of likely N-dealkylation sites (N-methyl/N-ethyl adjacent to an activating group) is 1. The second-order valence-corrected chi connectivity index (χ2v) is 9.06. The van der Waals surface area contributed by atoms with Crippen LogP contribution in [0.5, 0.6) is 0 Å². The van der Waals surface area contributed by atoms with Gasteiger partial charge in [0.15, 0.2) is 11.5 Å². The first-order valence-electron chi connectivity index (χ1n) is 12.8. The van der Waals surface area contributed by atoms with Crippen LogP contribution in [0.3, 0.4) is 0 Å². The molecule has 0 spiro atoms. The Kier molecular flexibility index (Phi) is 10.1. The summed E-state index contributed by atoms with van der Waals surface area (Å²) in [6.45, 7) is 7.29. The summed E-state index contributed by atoms with van der Waals surface area (Å²) in [6, 6.07) is 7.63. The van der Waals surface area contributed by atoms with E-state index in [1.807, 2.05) is 44.2 Å². The van der Waals surface area contributed by atoms with Crippen LogP contribution in [0.15, 0.2) is 36.4 Å². The van der Waals surface area contributed by atoms with Gasteiger partial charge in [0, 0.05) is 31.9 Å². The molecule has 1 fully saturated rings. The van der Waals surface area contributed by atoms with E-state index in [1.165, 1.54) is 17.4 Å². The highest BCUT2D eigenvalue weighted by Gasteiger charge is 2.17. The van der Waals surface area contributed by atoms with Crippen LogP contribution in [0.1, 0.15) is 47.7 Å². The Morgan fingerprint density at radius 2 is 1.86 bits per heavy atom. The van der Waals surface area contributed by atoms with Crippen molar-refractivity contribution in [3.05, 3.63) is 59.1 Å². The van der Waals surface area contributed by atoms with Crippen LogP contribution in [-0.4, -0.2) is 77.3 Å². The number of nitrogens with one attached hydrogen (secondary N) is 2. The van der Waals surface area contributed by atoms with Crippen molar-refractivity contribution in [2.24, 2.45) is 5.73 Å². The lowest BCUT2D eigenvalue weighted by molar-refractivity contribution is -0.131. The van der Waals surface area contributed by atoms with Crippen molar-refractivity contribution in [1.82, 2.24) is 25.1 Å². The number of aryl methyl sites for hydroxylation is 2. The third kappa shape index (κ3) is 8.11. The van der Waals surface area contributed by atoms with Crippen LogP contribution in [0.25, 0.3) is 0 Å². The number of rotatable bonds is 13. The fourth-order valence-corrected chi connectivity index (χ4v) is 3.96. The van der Waals surface area contributed by atoms with Gasteiger partial charge in [-0.25, -0.2) is 9.97 Å². The Bertz CT molecular complexity index is 1140. The summed E-state index contributed by atoms with van der Waals surface area (Å²) in [5.74, 6) is -0.711. The molecule has 3 amide bonds. The Labute approximate surface area is 218 Å². The number of aromatic nitrogens is 2. The Morgan fingerprint density at radius 3 is 2.51 bits per heavy atom. The van der Waals surface area contributed by atoms with E-state index >= 15 is 0 Å². The molecule has 10 heteroatoms. The lowest BCUT2D eigenvalue weighted by Crippen LogP contribution is -2.39. The number of primary amides is 1. The predicted molar refractivity (Wildman–Crippen MR) is 144 cm³/mol. The highest BCUT2D eigenvalue weighted by Crippen LogP contribution is 2.21. The van der Waals surface area contributed by atoms with Crippen LogP contribution in [0, 0.1) is 0 Å². The van der Waals surface area contributed by atoms with Gasteiger partial charge in [-0.2, -0.15) is 0 Å². The Balaban J connectivity index is 1.52. The van der Waals surface area contributed by atoms with Gasteiger partial charge in [0.2, 0.25) is 11.8 Å². The number of hydrogen-bond acceptors (Lipinski definition) is 7. The molecule has 198 valence electrons. The van der Waals surface area contributed by atoms with Crippen LogP contribution in [0.2, 0.25) is 0 Å². The number of amides is 3. The molecule has 0 bridgehead atoms. The normalized spacial score (nSPS) is 13.3. The zero-order valence-corrected chi connectivity index (χ0v) is 21.9. The smallest absolute Gasteiger partial charge is 0.271 e. The molecule has 1 saturated heterocycles. The van der Waals surface area contributed by atoms with Gasteiger partial charge in [-0.05, 0) is 56.5 Å². The standard InChI is InChI=1S/C27H37N7O3/c1-4-21-22(5-2)32-27(25(31-21)26(28)37)30-20-10-6-9-19(17-20)12-13-29-23(35)18-33(3)24(36)11-7-14-34-15-8-16-34/h6-7,9-11,17H,4-5,8,12-16,18H2,1-3H3,(H2,28,37)(H,29,35)(H,30,32)/b11-7+. The lowest BCUT2D eigenvalue weighted by Gasteiger charge is -2.29. The fourth-order valence-electron chi connectivity index (χ4n) is 3.96. The number of carbonyl (C=O) groups excluding carboxylic acids is 3. The molecule has 3 rings (SSSR count). The van der Waals surface area contributed by atoms with Gasteiger partial charge in [0.05, 0.1) is 17.9 Å². The molecular formula is C27H37N7O3. The number of likely N-dealkylation sites (tertiary alicyclic amines) is 1. The maximum Gasteiger partial charge on any atom is 0.271 e. The summed E-state index contributed by atoms with van der Waals surface area (Å²) < 4.78 is 0. The molecule has 1 aliphatic heterocycles. The van der Waals surface area contributed by atoms with Crippen molar-refractivity contribution in [1.29, 1.82) is 0 Å². The molecule has 10 nitrogen and oxygen atoms in total. The molecular weight excluding hydrogens is 470 g/mol. The van der Waals surface area contributed by atoms with E-state index in [0.717, 1.165) is 42.3 Å². The van der Waals surface area contributed by atoms with Gasteiger partial charge in [-0.1, -0.05) is 32.1 Å². The average Bonchev–Trinajstić information content (AvgIpc) is 2.85. The van der Waals surface area contributed by atoms with Crippen molar-refractivity contribution in [2.45, 2.75) is 39.5 Å². The number of nitrogens with two attached hydrogens (primary N) is 1. The van der Waals surface area contributed by atoms with Crippen LogP contribution in [-0.2, 0) is 28.9 Å². The first kappa shape index (κ1) is 27.8. The second-order valence-electron chi connectivity index (χ2n) is 9.06. The van der Waals surface area contributed by atoms with E-state index in [0.29, 0.717) is 31.6 Å². The van der Waals surface area contributed by atoms with Crippen molar-refractivity contribution in [2.75, 3.05) is 45.1 Å². The van der Waals surface area contributed by atoms with E-state index in [1.54, 1.807) is 7.05 Å². The maximum absolute atomic E-state index is 12.3. The summed E-state index contributed by atoms with van der Waals surface area (Å²) in [7, 11) is 1.62. The first-order valence-corrected chi connectivity index (χ1v) is 12.8. The summed E-state index contributed by atoms with van der Waals surface area (Å²) in [4.78, 5) is 49.1. The molecule has 2 aromatic rings. The van der Waals surface area contributed by atoms with Gasteiger partial charge in [0.25, 0.3) is 5.91 Å². The molecule has 37 heavy (non-hydrogen) atoms. The number of hydrogen-bond donors (Lipinski definition) is 3. The molecule has 0 saturated carbocycles. The molecule has 1 aromatic heterocycles. The van der Waals surface area contributed by atoms with Crippen LogP contribution < -0.4 is 16.4 Å². The largest absolute Gasteiger partial charge is 0.364 e. The summed E-state index contributed by atoms with van der Waals surface area (Å²) >= 11 is 0. The van der Waals surface area contributed by atoms with Gasteiger partial charge >= 0.3 is 0 Å². The Morgan fingerprint density at radius 1 is 1.14 bits per heavy atom. The average molecular weight is 508 g/mol. The minimum atomic E-state index is -0.638. The van der Waals surface area contributed by atoms with E-state index in [4.69, 9.17) is 5.73 Å². The molecule has 0 unspecified atom stereocenters. The Hall–Kier alpha value is -3.79. The maximum atomic E-state index is 12.3. The van der Waals surface area contributed by atoms with Crippen LogP contribution >= 0.6 is 0 Å². The molecule has 1 aromatic carbocycles. The molecule has 4 N–H and O–H groups in total. The van der Waals surface area contributed by atoms with Gasteiger partial charge in [-0.3, -0.25) is 19.3 Å². The second kappa shape index (κ2) is 13.5. The highest BCUT2D eigenvalue weighted by molar-refractivity contribution is 5.96. The monoisotopic (exact) mass is 507 g/mol. The number of anilines is 2. The molecule has 0 atom stereocenters. The summed E-state index contributed by atoms with van der Waals surface area (Å²) in [5.41, 5.74) is 8.98. The summed E-state index contributed by atoms with van der Waals surface area (Å²) in [6.07, 6.45) is 6.53. The number of benzene rings is 1. The molecule has 0 radical (unpaired) electrons. The molecule has 2 heterocycles. The third-order valence-electron chi connectivity index (χ3n) is 6.21. The predicted octanol–water partition coefficient (Wildman–Crippen LogP) is 1.82. The van der Waals surface area contributed by atoms with Gasteiger partial charge in [-0.15, -0.1) is 0 Å². The fraction of sp³-hybridized carbons (Fsp3) is 0.444. The van der Waals surface area contributed by atoms with E-state index in [2.05, 4.69) is 25.5 Å². The minimum absolute atomic E-state index is 0.00341. The van der Waals surface area contributed by atoms with E-state index < -0.39 is 5.91 Å². The quantitative estimate of drug-likeness (QED) is 0.352. The highest BCUT2D eigenvalue weighted by atomic mass is 16.2. The minimum Gasteiger partial charge on any atom is -0.364 e.